The Labute approximate surface area is 301 Å². The van der Waals surface area contributed by atoms with Gasteiger partial charge < -0.3 is 19.5 Å². The maximum Gasteiger partial charge on any atom is 0.305 e. The summed E-state index contributed by atoms with van der Waals surface area (Å²) in [6.07, 6.45) is 40.7. The van der Waals surface area contributed by atoms with Crippen LogP contribution in [0.1, 0.15) is 226 Å². The average molecular weight is 682 g/mol. The molecule has 0 fully saturated rings. The van der Waals surface area contributed by atoms with Gasteiger partial charge in [0.1, 0.15) is 0 Å². The minimum Gasteiger partial charge on any atom is -0.466 e. The molecule has 0 saturated heterocycles. The van der Waals surface area contributed by atoms with Gasteiger partial charge in [-0.05, 0) is 58.0 Å². The van der Waals surface area contributed by atoms with Gasteiger partial charge in [-0.3, -0.25) is 4.79 Å². The number of hydrogen-bond donors (Lipinski definition) is 1. The van der Waals surface area contributed by atoms with Crippen LogP contribution in [0.15, 0.2) is 0 Å². The first-order valence-corrected chi connectivity index (χ1v) is 21.8. The number of carbonyl (C=O) groups excluding carboxylic acids is 1. The summed E-state index contributed by atoms with van der Waals surface area (Å²) in [6, 6.07) is 0. The highest BCUT2D eigenvalue weighted by Gasteiger charge is 2.10. The molecular formula is C43H87NO4. The van der Waals surface area contributed by atoms with Crippen molar-refractivity contribution >= 4 is 5.97 Å². The first-order chi connectivity index (χ1) is 23.7. The number of carbonyl (C=O) groups is 1. The zero-order valence-corrected chi connectivity index (χ0v) is 33.1. The molecule has 0 amide bonds. The molecule has 5 heteroatoms. The molecule has 0 bridgehead atoms. The molecular weight excluding hydrogens is 594 g/mol. The predicted octanol–water partition coefficient (Wildman–Crippen LogP) is 12.8. The zero-order valence-electron chi connectivity index (χ0n) is 33.1. The van der Waals surface area contributed by atoms with E-state index in [1.54, 1.807) is 0 Å². The van der Waals surface area contributed by atoms with E-state index in [4.69, 9.17) is 9.47 Å². The fourth-order valence-electron chi connectivity index (χ4n) is 6.76. The Morgan fingerprint density at radius 2 is 0.875 bits per heavy atom. The van der Waals surface area contributed by atoms with Crippen LogP contribution in [-0.2, 0) is 14.3 Å². The van der Waals surface area contributed by atoms with E-state index in [1.807, 2.05) is 0 Å². The molecule has 1 N–H and O–H groups in total. The number of aliphatic hydroxyl groups is 1. The van der Waals surface area contributed by atoms with Crippen LogP contribution < -0.4 is 0 Å². The molecule has 0 aromatic heterocycles. The third-order valence-electron chi connectivity index (χ3n) is 10.0. The van der Waals surface area contributed by atoms with Crippen molar-refractivity contribution in [3.63, 3.8) is 0 Å². The topological polar surface area (TPSA) is 59.0 Å². The second-order valence-electron chi connectivity index (χ2n) is 14.8. The molecule has 0 aromatic carbocycles. The summed E-state index contributed by atoms with van der Waals surface area (Å²) < 4.78 is 11.9. The van der Waals surface area contributed by atoms with Crippen LogP contribution in [-0.4, -0.2) is 61.5 Å². The number of esters is 1. The number of hydrogen-bond acceptors (Lipinski definition) is 5. The molecule has 5 nitrogen and oxygen atoms in total. The molecule has 0 heterocycles. The average Bonchev–Trinajstić information content (AvgIpc) is 3.09. The largest absolute Gasteiger partial charge is 0.466 e. The van der Waals surface area contributed by atoms with Crippen LogP contribution in [0.2, 0.25) is 0 Å². The van der Waals surface area contributed by atoms with Gasteiger partial charge in [-0.25, -0.2) is 0 Å². The Kier molecular flexibility index (Phi) is 40.2. The highest BCUT2D eigenvalue weighted by molar-refractivity contribution is 5.69. The van der Waals surface area contributed by atoms with Gasteiger partial charge in [0.05, 0.1) is 19.3 Å². The van der Waals surface area contributed by atoms with Crippen LogP contribution in [0.5, 0.6) is 0 Å². The second kappa shape index (κ2) is 40.8. The SMILES string of the molecule is CCCCCCCCCCCOC(=O)CCCCCN(CCO)CCCCCCCOC(CCCCCCCC)CCCCCCCC. The third kappa shape index (κ3) is 36.6. The Hall–Kier alpha value is -0.650. The van der Waals surface area contributed by atoms with Gasteiger partial charge in [0.2, 0.25) is 0 Å². The van der Waals surface area contributed by atoms with Crippen LogP contribution in [0.4, 0.5) is 0 Å². The van der Waals surface area contributed by atoms with Gasteiger partial charge in [0.15, 0.2) is 0 Å². The Balaban J connectivity index is 3.87. The van der Waals surface area contributed by atoms with Crippen molar-refractivity contribution in [1.29, 1.82) is 0 Å². The van der Waals surface area contributed by atoms with Gasteiger partial charge in [0.25, 0.3) is 0 Å². The van der Waals surface area contributed by atoms with E-state index in [2.05, 4.69) is 25.7 Å². The quantitative estimate of drug-likeness (QED) is 0.0514. The lowest BCUT2D eigenvalue weighted by Gasteiger charge is -2.21. The van der Waals surface area contributed by atoms with Crippen molar-refractivity contribution in [3.05, 3.63) is 0 Å². The first-order valence-electron chi connectivity index (χ1n) is 21.8. The number of nitrogens with zero attached hydrogens (tertiary/aromatic N) is 1. The van der Waals surface area contributed by atoms with E-state index in [-0.39, 0.29) is 12.6 Å². The highest BCUT2D eigenvalue weighted by Crippen LogP contribution is 2.18. The van der Waals surface area contributed by atoms with E-state index >= 15 is 0 Å². The van der Waals surface area contributed by atoms with Crippen molar-refractivity contribution in [2.45, 2.75) is 232 Å². The van der Waals surface area contributed by atoms with Crippen molar-refractivity contribution in [1.82, 2.24) is 4.90 Å². The molecule has 0 unspecified atom stereocenters. The summed E-state index contributed by atoms with van der Waals surface area (Å²) in [5.74, 6) is -0.0293. The number of ether oxygens (including phenoxy) is 2. The summed E-state index contributed by atoms with van der Waals surface area (Å²) in [4.78, 5) is 14.5. The van der Waals surface area contributed by atoms with Crippen LogP contribution in [0.25, 0.3) is 0 Å². The highest BCUT2D eigenvalue weighted by atomic mass is 16.5. The van der Waals surface area contributed by atoms with Crippen LogP contribution in [0.3, 0.4) is 0 Å². The number of aliphatic hydroxyl groups excluding tert-OH is 1. The molecule has 288 valence electrons. The molecule has 0 aliphatic rings. The standard InChI is InChI=1S/C43H87NO4/c1-4-7-10-13-16-17-18-23-32-41-48-43(46)35-28-25-30-37-44(38-39-45)36-29-22-19-24-31-40-47-42(33-26-20-14-11-8-5-2)34-27-21-15-12-9-6-3/h42,45H,4-41H2,1-3H3. The van der Waals surface area contributed by atoms with Crippen molar-refractivity contribution in [2.75, 3.05) is 39.5 Å². The minimum atomic E-state index is -0.0293. The van der Waals surface area contributed by atoms with E-state index in [0.29, 0.717) is 19.1 Å². The lowest BCUT2D eigenvalue weighted by molar-refractivity contribution is -0.143. The van der Waals surface area contributed by atoms with Gasteiger partial charge in [-0.15, -0.1) is 0 Å². The number of rotatable bonds is 41. The van der Waals surface area contributed by atoms with Gasteiger partial charge in [-0.2, -0.15) is 0 Å². The first kappa shape index (κ1) is 47.4. The fourth-order valence-corrected chi connectivity index (χ4v) is 6.76. The van der Waals surface area contributed by atoms with Crippen LogP contribution >= 0.6 is 0 Å². The predicted molar refractivity (Wildman–Crippen MR) is 209 cm³/mol. The smallest absolute Gasteiger partial charge is 0.305 e. The van der Waals surface area contributed by atoms with E-state index in [0.717, 1.165) is 51.9 Å². The lowest BCUT2D eigenvalue weighted by Crippen LogP contribution is -2.29. The maximum absolute atomic E-state index is 12.1. The van der Waals surface area contributed by atoms with Crippen molar-refractivity contribution in [2.24, 2.45) is 0 Å². The summed E-state index contributed by atoms with van der Waals surface area (Å²) in [6.45, 7) is 11.4. The molecule has 0 rings (SSSR count). The normalized spacial score (nSPS) is 11.7. The van der Waals surface area contributed by atoms with E-state index < -0.39 is 0 Å². The second-order valence-corrected chi connectivity index (χ2v) is 14.8. The van der Waals surface area contributed by atoms with E-state index in [9.17, 15) is 9.90 Å². The van der Waals surface area contributed by atoms with Crippen molar-refractivity contribution in [3.8, 4) is 0 Å². The fraction of sp³-hybridized carbons (Fsp3) is 0.977. The minimum absolute atomic E-state index is 0.0293. The summed E-state index contributed by atoms with van der Waals surface area (Å²) in [5.41, 5.74) is 0. The monoisotopic (exact) mass is 682 g/mol. The summed E-state index contributed by atoms with van der Waals surface area (Å²) in [7, 11) is 0. The van der Waals surface area contributed by atoms with Gasteiger partial charge in [-0.1, -0.05) is 175 Å². The van der Waals surface area contributed by atoms with Gasteiger partial charge in [0, 0.05) is 19.6 Å². The molecule has 48 heavy (non-hydrogen) atoms. The lowest BCUT2D eigenvalue weighted by atomic mass is 10.0. The zero-order chi connectivity index (χ0) is 35.0. The molecule has 0 atom stereocenters. The molecule has 0 aliphatic carbocycles. The summed E-state index contributed by atoms with van der Waals surface area (Å²) in [5, 5.41) is 9.54. The Morgan fingerprint density at radius 3 is 1.35 bits per heavy atom. The van der Waals surface area contributed by atoms with E-state index in [1.165, 1.54) is 173 Å². The molecule has 0 aliphatic heterocycles. The van der Waals surface area contributed by atoms with Crippen molar-refractivity contribution < 1.29 is 19.4 Å². The van der Waals surface area contributed by atoms with Crippen LogP contribution in [0, 0.1) is 0 Å². The van der Waals surface area contributed by atoms with Gasteiger partial charge >= 0.3 is 5.97 Å². The Morgan fingerprint density at radius 1 is 0.479 bits per heavy atom. The Bertz CT molecular complexity index is 600. The maximum atomic E-state index is 12.1. The summed E-state index contributed by atoms with van der Waals surface area (Å²) >= 11 is 0. The molecule has 0 saturated carbocycles. The third-order valence-corrected chi connectivity index (χ3v) is 10.0. The molecule has 0 aromatic rings. The molecule has 0 spiro atoms. The molecule has 0 radical (unpaired) electrons. The number of unbranched alkanes of at least 4 members (excludes halogenated alkanes) is 24.